The summed E-state index contributed by atoms with van der Waals surface area (Å²) < 4.78 is 14.4. The average molecular weight is 1600 g/mol. The molecule has 0 spiro atoms. The minimum Gasteiger partial charge on any atom is -0.309 e. The molecule has 0 aliphatic carbocycles. The third-order valence-corrected chi connectivity index (χ3v) is 26.0. The third kappa shape index (κ3) is 11.2. The number of fused-ring (bicyclic) bond motifs is 18. The molecule has 0 saturated heterocycles. The molecule has 9 nitrogen and oxygen atoms in total. The summed E-state index contributed by atoms with van der Waals surface area (Å²) in [5.41, 5.74) is 31.9. The van der Waals surface area contributed by atoms with Crippen molar-refractivity contribution in [3.8, 4) is 113 Å². The predicted octanol–water partition coefficient (Wildman–Crippen LogP) is 30.1. The molecule has 0 radical (unpaired) electrons. The summed E-state index contributed by atoms with van der Waals surface area (Å²) in [5.74, 6) is 1.70. The van der Waals surface area contributed by atoms with Crippen LogP contribution in [-0.2, 0) is 0 Å². The van der Waals surface area contributed by atoms with E-state index in [1.54, 1.807) is 0 Å². The fourth-order valence-corrected chi connectivity index (χ4v) is 20.3. The summed E-state index contributed by atoms with van der Waals surface area (Å²) >= 11 is 0. The van der Waals surface area contributed by atoms with Gasteiger partial charge in [0.05, 0.1) is 66.2 Å². The van der Waals surface area contributed by atoms with Crippen LogP contribution in [0, 0.1) is 0 Å². The molecule has 126 heavy (non-hydrogen) atoms. The van der Waals surface area contributed by atoms with Crippen LogP contribution in [0.3, 0.4) is 0 Å². The quantitative estimate of drug-likeness (QED) is 0.116. The lowest BCUT2D eigenvalue weighted by molar-refractivity contribution is 1.07. The third-order valence-electron chi connectivity index (χ3n) is 26.0. The van der Waals surface area contributed by atoms with E-state index in [0.29, 0.717) is 17.5 Å². The molecule has 0 amide bonds. The SMILES string of the molecule is c1ccc(-c2nc(-c3cccc(-n4c5ccc(-c6ccc7c(c6)c6ccccc6n7-c6ccccc6)cc5c5cc(-c6ccc7c(c6)c6ccccc6n7-c6ccccc6)ccc54)c3)nc(-c3cccc(-n4c5ccc(-c6ccc7c(c6)c6ccccc6n7-c6ccccc6)cc5c5cc(-c6ccc7c(c6)c6ccccc6n7-c6ccccc6)ccc54)c3)n2)cc1. The van der Waals surface area contributed by atoms with Crippen LogP contribution in [0.4, 0.5) is 0 Å². The normalized spacial score (nSPS) is 12.0. The fourth-order valence-electron chi connectivity index (χ4n) is 20.3. The molecule has 0 aliphatic heterocycles. The molecule has 586 valence electrons. The maximum Gasteiger partial charge on any atom is 0.164 e. The first-order chi connectivity index (χ1) is 62.5. The smallest absolute Gasteiger partial charge is 0.164 e. The van der Waals surface area contributed by atoms with E-state index in [1.165, 1.54) is 87.2 Å². The molecular weight excluding hydrogens is 1530 g/mol. The Hall–Kier alpha value is -17.0. The molecule has 0 fully saturated rings. The Balaban J connectivity index is 0.620. The number of rotatable bonds is 13. The van der Waals surface area contributed by atoms with E-state index >= 15 is 0 Å². The van der Waals surface area contributed by atoms with E-state index in [1.807, 2.05) is 6.07 Å². The van der Waals surface area contributed by atoms with E-state index in [2.05, 4.69) is 464 Å². The van der Waals surface area contributed by atoms with Gasteiger partial charge in [-0.1, -0.05) is 249 Å². The van der Waals surface area contributed by atoms with Gasteiger partial charge >= 0.3 is 0 Å². The van der Waals surface area contributed by atoms with Gasteiger partial charge in [-0.05, 0) is 239 Å². The first-order valence-corrected chi connectivity index (χ1v) is 43.0. The number of benzene rings is 19. The number of hydrogen-bond donors (Lipinski definition) is 0. The second kappa shape index (κ2) is 28.3. The van der Waals surface area contributed by atoms with Gasteiger partial charge in [-0.25, -0.2) is 15.0 Å². The van der Waals surface area contributed by atoms with Gasteiger partial charge in [0, 0.05) is 115 Å². The molecule has 0 saturated carbocycles. The zero-order valence-corrected chi connectivity index (χ0v) is 68.2. The predicted molar refractivity (Wildman–Crippen MR) is 524 cm³/mol. The lowest BCUT2D eigenvalue weighted by atomic mass is 9.98. The van der Waals surface area contributed by atoms with Crippen LogP contribution in [0.1, 0.15) is 0 Å². The Kier molecular flexibility index (Phi) is 15.9. The molecule has 19 aromatic carbocycles. The van der Waals surface area contributed by atoms with Crippen molar-refractivity contribution in [3.05, 3.63) is 443 Å². The molecule has 0 aliphatic rings. The molecule has 26 rings (SSSR count). The summed E-state index contributed by atoms with van der Waals surface area (Å²) in [5, 5.41) is 14.3. The van der Waals surface area contributed by atoms with Gasteiger partial charge in [0.25, 0.3) is 0 Å². The number of para-hydroxylation sites is 8. The van der Waals surface area contributed by atoms with Gasteiger partial charge in [-0.3, -0.25) is 0 Å². The van der Waals surface area contributed by atoms with E-state index in [0.717, 1.165) is 139 Å². The van der Waals surface area contributed by atoms with Crippen molar-refractivity contribution >= 4 is 131 Å². The highest BCUT2D eigenvalue weighted by Crippen LogP contribution is 2.46. The lowest BCUT2D eigenvalue weighted by Gasteiger charge is -2.13. The van der Waals surface area contributed by atoms with Gasteiger partial charge in [-0.15, -0.1) is 0 Å². The second-order valence-electron chi connectivity index (χ2n) is 33.1. The highest BCUT2D eigenvalue weighted by atomic mass is 15.1. The van der Waals surface area contributed by atoms with Crippen LogP contribution < -0.4 is 0 Å². The van der Waals surface area contributed by atoms with Gasteiger partial charge in [0.15, 0.2) is 17.5 Å². The number of hydrogen-bond acceptors (Lipinski definition) is 3. The minimum absolute atomic E-state index is 0.562. The Morgan fingerprint density at radius 2 is 0.286 bits per heavy atom. The fraction of sp³-hybridized carbons (Fsp3) is 0. The minimum atomic E-state index is 0.562. The van der Waals surface area contributed by atoms with Gasteiger partial charge in [0.2, 0.25) is 0 Å². The Morgan fingerprint density at radius 1 is 0.111 bits per heavy atom. The second-order valence-corrected chi connectivity index (χ2v) is 33.1. The molecule has 7 aromatic heterocycles. The standard InChI is InChI=1S/C117H73N9/c1-6-26-74(27-7-1)115-118-116(83-28-24-38-89(64-83)125-111-60-52-79(75-48-56-107-95(66-75)91-40-16-20-44-103(91)121(107)85-30-8-2-9-31-85)70-99(111)100-71-80(53-61-112(100)125)76-49-57-108-96(67-76)92-41-17-21-45-104(92)122(108)86-32-10-3-11-33-86)120-117(119-115)84-29-25-39-90(65-84)126-113-62-54-81(77-50-58-109-97(68-77)93-42-18-22-46-105(93)123(109)87-34-12-4-13-35-87)72-101(113)102-73-82(55-63-114(102)126)78-51-59-110-98(69-78)94-43-19-23-47-106(94)124(110)88-36-14-5-15-37-88/h1-73H. The zero-order valence-electron chi connectivity index (χ0n) is 68.2. The van der Waals surface area contributed by atoms with E-state index in [9.17, 15) is 0 Å². The van der Waals surface area contributed by atoms with Crippen LogP contribution in [0.25, 0.3) is 244 Å². The summed E-state index contributed by atoms with van der Waals surface area (Å²) in [7, 11) is 0. The highest BCUT2D eigenvalue weighted by molar-refractivity contribution is 6.18. The maximum absolute atomic E-state index is 5.56. The van der Waals surface area contributed by atoms with Crippen molar-refractivity contribution in [2.45, 2.75) is 0 Å². The largest absolute Gasteiger partial charge is 0.309 e. The molecule has 26 aromatic rings. The van der Waals surface area contributed by atoms with Crippen LogP contribution in [0.15, 0.2) is 443 Å². The summed E-state index contributed by atoms with van der Waals surface area (Å²) in [6, 6.07) is 162. The lowest BCUT2D eigenvalue weighted by Crippen LogP contribution is -2.02. The first kappa shape index (κ1) is 70.8. The van der Waals surface area contributed by atoms with Crippen molar-refractivity contribution in [1.82, 2.24) is 42.4 Å². The molecule has 9 heteroatoms. The van der Waals surface area contributed by atoms with E-state index in [4.69, 9.17) is 15.0 Å². The zero-order chi connectivity index (χ0) is 82.6. The van der Waals surface area contributed by atoms with Crippen molar-refractivity contribution in [1.29, 1.82) is 0 Å². The molecule has 0 unspecified atom stereocenters. The Labute approximate surface area is 724 Å². The van der Waals surface area contributed by atoms with Crippen molar-refractivity contribution < 1.29 is 0 Å². The molecule has 0 bridgehead atoms. The van der Waals surface area contributed by atoms with Gasteiger partial charge < -0.3 is 27.4 Å². The van der Waals surface area contributed by atoms with Crippen LogP contribution in [0.5, 0.6) is 0 Å². The van der Waals surface area contributed by atoms with Crippen LogP contribution in [0.2, 0.25) is 0 Å². The number of nitrogens with zero attached hydrogens (tertiary/aromatic N) is 9. The highest BCUT2D eigenvalue weighted by Gasteiger charge is 2.25. The van der Waals surface area contributed by atoms with E-state index in [-0.39, 0.29) is 0 Å². The molecule has 0 N–H and O–H groups in total. The van der Waals surface area contributed by atoms with Crippen molar-refractivity contribution in [2.75, 3.05) is 0 Å². The van der Waals surface area contributed by atoms with Crippen LogP contribution >= 0.6 is 0 Å². The Morgan fingerprint density at radius 3 is 0.532 bits per heavy atom. The molecular formula is C117H73N9. The maximum atomic E-state index is 5.56. The summed E-state index contributed by atoms with van der Waals surface area (Å²) in [6.07, 6.45) is 0. The van der Waals surface area contributed by atoms with Gasteiger partial charge in [0.1, 0.15) is 0 Å². The molecule has 0 atom stereocenters. The summed E-state index contributed by atoms with van der Waals surface area (Å²) in [4.78, 5) is 16.4. The molecule has 7 heterocycles. The summed E-state index contributed by atoms with van der Waals surface area (Å²) in [6.45, 7) is 0. The van der Waals surface area contributed by atoms with E-state index < -0.39 is 0 Å². The van der Waals surface area contributed by atoms with Gasteiger partial charge in [-0.2, -0.15) is 0 Å². The van der Waals surface area contributed by atoms with Crippen molar-refractivity contribution in [2.24, 2.45) is 0 Å². The first-order valence-electron chi connectivity index (χ1n) is 43.0. The Bertz CT molecular complexity index is 8030. The average Bonchev–Trinajstić information content (AvgIpc) is 1.58. The van der Waals surface area contributed by atoms with Crippen molar-refractivity contribution in [3.63, 3.8) is 0 Å². The monoisotopic (exact) mass is 1600 g/mol. The topological polar surface area (TPSA) is 68.2 Å². The number of aromatic nitrogens is 9. The van der Waals surface area contributed by atoms with Crippen LogP contribution in [-0.4, -0.2) is 42.4 Å².